The Morgan fingerprint density at radius 1 is 1.19 bits per heavy atom. The van der Waals surface area contributed by atoms with E-state index in [0.717, 1.165) is 12.8 Å². The van der Waals surface area contributed by atoms with E-state index < -0.39 is 17.4 Å². The van der Waals surface area contributed by atoms with Crippen molar-refractivity contribution in [2.24, 2.45) is 5.41 Å². The number of aliphatic carboxylic acids is 1. The minimum absolute atomic E-state index is 0.0600. The summed E-state index contributed by atoms with van der Waals surface area (Å²) in [5.74, 6) is -1.57. The van der Waals surface area contributed by atoms with Gasteiger partial charge in [0.05, 0.1) is 5.41 Å². The van der Waals surface area contributed by atoms with Crippen LogP contribution in [-0.2, 0) is 14.4 Å². The zero-order chi connectivity index (χ0) is 16.3. The third-order valence-corrected chi connectivity index (χ3v) is 3.78. The SMILES string of the molecule is CC(NC(=O)CC1(C(=O)O)CCCC1)C(=O)NC(C)(C)C. The molecule has 0 aromatic rings. The first-order valence-electron chi connectivity index (χ1n) is 7.40. The Balaban J connectivity index is 2.57. The van der Waals surface area contributed by atoms with E-state index in [-0.39, 0.29) is 23.8 Å². The molecule has 0 spiro atoms. The van der Waals surface area contributed by atoms with E-state index >= 15 is 0 Å². The molecule has 21 heavy (non-hydrogen) atoms. The first-order valence-corrected chi connectivity index (χ1v) is 7.40. The number of hydrogen-bond donors (Lipinski definition) is 3. The monoisotopic (exact) mass is 298 g/mol. The summed E-state index contributed by atoms with van der Waals surface area (Å²) < 4.78 is 0. The summed E-state index contributed by atoms with van der Waals surface area (Å²) in [7, 11) is 0. The Kier molecular flexibility index (Phi) is 5.36. The summed E-state index contributed by atoms with van der Waals surface area (Å²) in [4.78, 5) is 35.3. The zero-order valence-corrected chi connectivity index (χ0v) is 13.3. The summed E-state index contributed by atoms with van der Waals surface area (Å²) in [6.07, 6.45) is 2.66. The normalized spacial score (nSPS) is 18.9. The van der Waals surface area contributed by atoms with Crippen LogP contribution in [0, 0.1) is 5.41 Å². The number of carboxylic acids is 1. The molecule has 0 aromatic carbocycles. The second kappa shape index (κ2) is 6.45. The average molecular weight is 298 g/mol. The van der Waals surface area contributed by atoms with Crippen molar-refractivity contribution >= 4 is 17.8 Å². The summed E-state index contributed by atoms with van der Waals surface area (Å²) >= 11 is 0. The number of amides is 2. The molecule has 0 aliphatic heterocycles. The van der Waals surface area contributed by atoms with Crippen molar-refractivity contribution in [2.45, 2.75) is 71.4 Å². The third kappa shape index (κ3) is 5.02. The van der Waals surface area contributed by atoms with E-state index in [4.69, 9.17) is 0 Å². The third-order valence-electron chi connectivity index (χ3n) is 3.78. The van der Waals surface area contributed by atoms with E-state index in [1.54, 1.807) is 6.92 Å². The summed E-state index contributed by atoms with van der Waals surface area (Å²) in [5, 5.41) is 14.7. The molecule has 1 aliphatic rings. The van der Waals surface area contributed by atoms with Crippen LogP contribution in [-0.4, -0.2) is 34.5 Å². The van der Waals surface area contributed by atoms with Gasteiger partial charge in [-0.15, -0.1) is 0 Å². The fourth-order valence-corrected chi connectivity index (χ4v) is 2.66. The lowest BCUT2D eigenvalue weighted by atomic mass is 9.82. The van der Waals surface area contributed by atoms with E-state index in [9.17, 15) is 19.5 Å². The Hall–Kier alpha value is -1.59. The van der Waals surface area contributed by atoms with Crippen molar-refractivity contribution in [1.29, 1.82) is 0 Å². The topological polar surface area (TPSA) is 95.5 Å². The summed E-state index contributed by atoms with van der Waals surface area (Å²) in [6, 6.07) is -0.677. The van der Waals surface area contributed by atoms with E-state index in [2.05, 4.69) is 10.6 Å². The predicted molar refractivity (Wildman–Crippen MR) is 78.7 cm³/mol. The summed E-state index contributed by atoms with van der Waals surface area (Å²) in [6.45, 7) is 7.17. The van der Waals surface area contributed by atoms with Crippen molar-refractivity contribution in [1.82, 2.24) is 10.6 Å². The van der Waals surface area contributed by atoms with Gasteiger partial charge in [0.2, 0.25) is 11.8 Å². The Labute approximate surface area is 125 Å². The molecule has 0 bridgehead atoms. The van der Waals surface area contributed by atoms with Crippen LogP contribution in [0.1, 0.15) is 59.8 Å². The van der Waals surface area contributed by atoms with Gasteiger partial charge < -0.3 is 15.7 Å². The fraction of sp³-hybridized carbons (Fsp3) is 0.800. The first kappa shape index (κ1) is 17.5. The van der Waals surface area contributed by atoms with Gasteiger partial charge in [0.25, 0.3) is 0 Å². The van der Waals surface area contributed by atoms with E-state index in [1.807, 2.05) is 20.8 Å². The van der Waals surface area contributed by atoms with Crippen molar-refractivity contribution in [3.05, 3.63) is 0 Å². The minimum Gasteiger partial charge on any atom is -0.481 e. The Morgan fingerprint density at radius 2 is 1.71 bits per heavy atom. The molecule has 6 nitrogen and oxygen atoms in total. The molecule has 1 fully saturated rings. The minimum atomic E-state index is -0.954. The van der Waals surface area contributed by atoms with Crippen LogP contribution in [0.25, 0.3) is 0 Å². The van der Waals surface area contributed by atoms with Crippen LogP contribution in [0.3, 0.4) is 0 Å². The van der Waals surface area contributed by atoms with Gasteiger partial charge in [-0.2, -0.15) is 0 Å². The largest absolute Gasteiger partial charge is 0.481 e. The van der Waals surface area contributed by atoms with E-state index in [0.29, 0.717) is 12.8 Å². The highest BCUT2D eigenvalue weighted by atomic mass is 16.4. The lowest BCUT2D eigenvalue weighted by Crippen LogP contribution is -2.51. The van der Waals surface area contributed by atoms with Crippen LogP contribution >= 0.6 is 0 Å². The molecule has 6 heteroatoms. The molecular weight excluding hydrogens is 272 g/mol. The molecule has 0 saturated heterocycles. The molecule has 1 aliphatic carbocycles. The number of rotatable bonds is 5. The summed E-state index contributed by atoms with van der Waals surface area (Å²) in [5.41, 5.74) is -1.33. The number of nitrogens with one attached hydrogen (secondary N) is 2. The highest BCUT2D eigenvalue weighted by Gasteiger charge is 2.43. The molecule has 0 radical (unpaired) electrons. The predicted octanol–water partition coefficient (Wildman–Crippen LogP) is 1.44. The maximum absolute atomic E-state index is 12.0. The van der Waals surface area contributed by atoms with Crippen LogP contribution < -0.4 is 10.6 Å². The number of hydrogen-bond acceptors (Lipinski definition) is 3. The number of carboxylic acid groups (broad SMARTS) is 1. The second-order valence-corrected chi connectivity index (χ2v) is 7.00. The molecule has 2 amide bonds. The van der Waals surface area contributed by atoms with Gasteiger partial charge in [-0.25, -0.2) is 0 Å². The van der Waals surface area contributed by atoms with Gasteiger partial charge in [-0.3, -0.25) is 14.4 Å². The molecule has 1 atom stereocenters. The average Bonchev–Trinajstić information content (AvgIpc) is 2.76. The van der Waals surface area contributed by atoms with Gasteiger partial charge in [-0.1, -0.05) is 12.8 Å². The fourth-order valence-electron chi connectivity index (χ4n) is 2.66. The van der Waals surface area contributed by atoms with Crippen molar-refractivity contribution in [3.8, 4) is 0 Å². The number of carbonyl (C=O) groups is 3. The van der Waals surface area contributed by atoms with Crippen LogP contribution in [0.2, 0.25) is 0 Å². The van der Waals surface area contributed by atoms with E-state index in [1.165, 1.54) is 0 Å². The maximum atomic E-state index is 12.0. The number of carbonyl (C=O) groups excluding carboxylic acids is 2. The van der Waals surface area contributed by atoms with Gasteiger partial charge >= 0.3 is 5.97 Å². The highest BCUT2D eigenvalue weighted by molar-refractivity contribution is 5.90. The van der Waals surface area contributed by atoms with Crippen molar-refractivity contribution in [2.75, 3.05) is 0 Å². The lowest BCUT2D eigenvalue weighted by molar-refractivity contribution is -0.151. The molecule has 0 aromatic heterocycles. The van der Waals surface area contributed by atoms with Crippen LogP contribution in [0.15, 0.2) is 0 Å². The van der Waals surface area contributed by atoms with Gasteiger partial charge in [-0.05, 0) is 40.5 Å². The van der Waals surface area contributed by atoms with Crippen LogP contribution in [0.4, 0.5) is 0 Å². The molecule has 1 rings (SSSR count). The molecule has 3 N–H and O–H groups in total. The first-order chi connectivity index (χ1) is 9.56. The van der Waals surface area contributed by atoms with Gasteiger partial charge in [0, 0.05) is 12.0 Å². The molecule has 0 heterocycles. The molecule has 1 saturated carbocycles. The molecule has 1 unspecified atom stereocenters. The molecule has 120 valence electrons. The van der Waals surface area contributed by atoms with Crippen LogP contribution in [0.5, 0.6) is 0 Å². The van der Waals surface area contributed by atoms with Crippen molar-refractivity contribution < 1.29 is 19.5 Å². The quantitative estimate of drug-likeness (QED) is 0.715. The standard InChI is InChI=1S/C15H26N2O4/c1-10(12(19)17-14(2,3)4)16-11(18)9-15(13(20)21)7-5-6-8-15/h10H,5-9H2,1-4H3,(H,16,18)(H,17,19)(H,20,21). The smallest absolute Gasteiger partial charge is 0.310 e. The molecular formula is C15H26N2O4. The highest BCUT2D eigenvalue weighted by Crippen LogP contribution is 2.41. The second-order valence-electron chi connectivity index (χ2n) is 7.00. The zero-order valence-electron chi connectivity index (χ0n) is 13.3. The Bertz CT molecular complexity index is 420. The lowest BCUT2D eigenvalue weighted by Gasteiger charge is -2.26. The maximum Gasteiger partial charge on any atom is 0.310 e. The van der Waals surface area contributed by atoms with Gasteiger partial charge in [0.15, 0.2) is 0 Å². The van der Waals surface area contributed by atoms with Crippen molar-refractivity contribution in [3.63, 3.8) is 0 Å². The van der Waals surface area contributed by atoms with Gasteiger partial charge in [0.1, 0.15) is 6.04 Å². The Morgan fingerprint density at radius 3 is 2.14 bits per heavy atom.